The van der Waals surface area contributed by atoms with Crippen molar-refractivity contribution in [1.29, 1.82) is 0 Å². The van der Waals surface area contributed by atoms with Gasteiger partial charge in [-0.05, 0) is 36.8 Å². The number of benzene rings is 1. The SMILES string of the molecule is Cc1ccc2nc(-c3ccc(CN)nc3)oc2c1. The van der Waals surface area contributed by atoms with Gasteiger partial charge in [-0.1, -0.05) is 6.07 Å². The van der Waals surface area contributed by atoms with Crippen LogP contribution in [-0.4, -0.2) is 9.97 Å². The molecule has 2 heterocycles. The molecule has 0 spiro atoms. The van der Waals surface area contributed by atoms with Crippen LogP contribution in [0.3, 0.4) is 0 Å². The highest BCUT2D eigenvalue weighted by atomic mass is 16.3. The number of oxazole rings is 1. The number of nitrogens with zero attached hydrogens (tertiary/aromatic N) is 2. The van der Waals surface area contributed by atoms with E-state index in [9.17, 15) is 0 Å². The highest BCUT2D eigenvalue weighted by Gasteiger charge is 2.08. The molecule has 0 fully saturated rings. The summed E-state index contributed by atoms with van der Waals surface area (Å²) in [7, 11) is 0. The van der Waals surface area contributed by atoms with Crippen LogP contribution in [0.1, 0.15) is 11.3 Å². The molecular formula is C14H13N3O. The van der Waals surface area contributed by atoms with Crippen LogP contribution in [0, 0.1) is 6.92 Å². The van der Waals surface area contributed by atoms with E-state index in [0.29, 0.717) is 12.4 Å². The molecule has 0 saturated heterocycles. The number of hydrogen-bond donors (Lipinski definition) is 1. The van der Waals surface area contributed by atoms with Crippen LogP contribution in [-0.2, 0) is 6.54 Å². The van der Waals surface area contributed by atoms with E-state index < -0.39 is 0 Å². The lowest BCUT2D eigenvalue weighted by molar-refractivity contribution is 0.619. The Morgan fingerprint density at radius 2 is 2.11 bits per heavy atom. The van der Waals surface area contributed by atoms with E-state index in [1.54, 1.807) is 6.20 Å². The fraction of sp³-hybridized carbons (Fsp3) is 0.143. The Morgan fingerprint density at radius 1 is 1.22 bits per heavy atom. The summed E-state index contributed by atoms with van der Waals surface area (Å²) in [6.45, 7) is 2.46. The van der Waals surface area contributed by atoms with Crippen LogP contribution < -0.4 is 5.73 Å². The van der Waals surface area contributed by atoms with Gasteiger partial charge < -0.3 is 10.2 Å². The topological polar surface area (TPSA) is 64.9 Å². The third kappa shape index (κ3) is 1.87. The third-order valence-corrected chi connectivity index (χ3v) is 2.82. The molecule has 0 atom stereocenters. The molecule has 2 N–H and O–H groups in total. The van der Waals surface area contributed by atoms with E-state index in [2.05, 4.69) is 9.97 Å². The van der Waals surface area contributed by atoms with Gasteiger partial charge in [-0.2, -0.15) is 0 Å². The van der Waals surface area contributed by atoms with Gasteiger partial charge in [-0.3, -0.25) is 4.98 Å². The number of rotatable bonds is 2. The summed E-state index contributed by atoms with van der Waals surface area (Å²) in [6, 6.07) is 9.76. The van der Waals surface area contributed by atoms with Crippen molar-refractivity contribution < 1.29 is 4.42 Å². The van der Waals surface area contributed by atoms with E-state index in [0.717, 1.165) is 27.9 Å². The largest absolute Gasteiger partial charge is 0.436 e. The lowest BCUT2D eigenvalue weighted by Gasteiger charge is -1.96. The van der Waals surface area contributed by atoms with Gasteiger partial charge in [-0.15, -0.1) is 0 Å². The third-order valence-electron chi connectivity index (χ3n) is 2.82. The average Bonchev–Trinajstić information content (AvgIpc) is 2.81. The highest BCUT2D eigenvalue weighted by molar-refractivity contribution is 5.76. The maximum absolute atomic E-state index is 5.73. The number of aryl methyl sites for hydroxylation is 1. The van der Waals surface area contributed by atoms with E-state index >= 15 is 0 Å². The van der Waals surface area contributed by atoms with Crippen LogP contribution in [0.4, 0.5) is 0 Å². The van der Waals surface area contributed by atoms with Crippen LogP contribution >= 0.6 is 0 Å². The van der Waals surface area contributed by atoms with Crippen LogP contribution in [0.5, 0.6) is 0 Å². The molecule has 0 radical (unpaired) electrons. The molecule has 18 heavy (non-hydrogen) atoms. The van der Waals surface area contributed by atoms with Gasteiger partial charge in [0.2, 0.25) is 5.89 Å². The molecule has 3 rings (SSSR count). The van der Waals surface area contributed by atoms with Gasteiger partial charge in [0.1, 0.15) is 5.52 Å². The zero-order chi connectivity index (χ0) is 12.5. The number of pyridine rings is 1. The molecule has 0 aliphatic rings. The Hall–Kier alpha value is -2.20. The first-order chi connectivity index (χ1) is 8.76. The Bertz CT molecular complexity index is 686. The Morgan fingerprint density at radius 3 is 2.83 bits per heavy atom. The summed E-state index contributed by atoms with van der Waals surface area (Å²) in [4.78, 5) is 8.68. The van der Waals surface area contributed by atoms with Crippen molar-refractivity contribution in [3.63, 3.8) is 0 Å². The van der Waals surface area contributed by atoms with Gasteiger partial charge in [0.15, 0.2) is 5.58 Å². The summed E-state index contributed by atoms with van der Waals surface area (Å²) in [6.07, 6.45) is 1.74. The Balaban J connectivity index is 2.07. The maximum Gasteiger partial charge on any atom is 0.228 e. The minimum atomic E-state index is 0.438. The monoisotopic (exact) mass is 239 g/mol. The zero-order valence-electron chi connectivity index (χ0n) is 10.1. The minimum absolute atomic E-state index is 0.438. The molecule has 0 amide bonds. The molecule has 3 aromatic rings. The standard InChI is InChI=1S/C14H13N3O/c1-9-2-5-12-13(6-9)18-14(17-12)10-3-4-11(7-15)16-8-10/h2-6,8H,7,15H2,1H3. The van der Waals surface area contributed by atoms with Crippen LogP contribution in [0.25, 0.3) is 22.6 Å². The number of fused-ring (bicyclic) bond motifs is 1. The maximum atomic E-state index is 5.73. The Kier molecular flexibility index (Phi) is 2.57. The van der Waals surface area contributed by atoms with Crippen LogP contribution in [0.15, 0.2) is 40.9 Å². The molecule has 1 aromatic carbocycles. The molecule has 0 bridgehead atoms. The first kappa shape index (κ1) is 10.9. The van der Waals surface area contributed by atoms with Crippen molar-refractivity contribution in [2.24, 2.45) is 5.73 Å². The quantitative estimate of drug-likeness (QED) is 0.746. The van der Waals surface area contributed by atoms with E-state index in [1.165, 1.54) is 0 Å². The van der Waals surface area contributed by atoms with Crippen molar-refractivity contribution in [1.82, 2.24) is 9.97 Å². The smallest absolute Gasteiger partial charge is 0.228 e. The fourth-order valence-corrected chi connectivity index (χ4v) is 1.83. The second kappa shape index (κ2) is 4.23. The number of aromatic nitrogens is 2. The van der Waals surface area contributed by atoms with E-state index in [1.807, 2.05) is 37.3 Å². The average molecular weight is 239 g/mol. The first-order valence-corrected chi connectivity index (χ1v) is 5.79. The fourth-order valence-electron chi connectivity index (χ4n) is 1.83. The highest BCUT2D eigenvalue weighted by Crippen LogP contribution is 2.24. The summed E-state index contributed by atoms with van der Waals surface area (Å²) in [5.74, 6) is 0.590. The number of hydrogen-bond acceptors (Lipinski definition) is 4. The normalized spacial score (nSPS) is 11.0. The second-order valence-corrected chi connectivity index (χ2v) is 4.23. The van der Waals surface area contributed by atoms with Crippen molar-refractivity contribution in [3.8, 4) is 11.5 Å². The second-order valence-electron chi connectivity index (χ2n) is 4.23. The van der Waals surface area contributed by atoms with Gasteiger partial charge >= 0.3 is 0 Å². The van der Waals surface area contributed by atoms with Crippen LogP contribution in [0.2, 0.25) is 0 Å². The van der Waals surface area contributed by atoms with Crippen molar-refractivity contribution in [2.75, 3.05) is 0 Å². The van der Waals surface area contributed by atoms with Gasteiger partial charge in [-0.25, -0.2) is 4.98 Å². The summed E-state index contributed by atoms with van der Waals surface area (Å²) >= 11 is 0. The summed E-state index contributed by atoms with van der Waals surface area (Å²) in [5, 5.41) is 0. The van der Waals surface area contributed by atoms with E-state index in [-0.39, 0.29) is 0 Å². The molecular weight excluding hydrogens is 226 g/mol. The predicted molar refractivity (Wildman–Crippen MR) is 69.9 cm³/mol. The van der Waals surface area contributed by atoms with Crippen molar-refractivity contribution >= 4 is 11.1 Å². The molecule has 4 heteroatoms. The van der Waals surface area contributed by atoms with E-state index in [4.69, 9.17) is 10.2 Å². The molecule has 0 aliphatic carbocycles. The first-order valence-electron chi connectivity index (χ1n) is 5.79. The Labute approximate surface area is 104 Å². The molecule has 90 valence electrons. The predicted octanol–water partition coefficient (Wildman–Crippen LogP) is 2.66. The van der Waals surface area contributed by atoms with Crippen molar-refractivity contribution in [3.05, 3.63) is 47.8 Å². The van der Waals surface area contributed by atoms with Gasteiger partial charge in [0.25, 0.3) is 0 Å². The zero-order valence-corrected chi connectivity index (χ0v) is 10.1. The number of nitrogens with two attached hydrogens (primary N) is 1. The summed E-state index contributed by atoms with van der Waals surface area (Å²) in [5.41, 5.74) is 10.0. The lowest BCUT2D eigenvalue weighted by Crippen LogP contribution is -1.98. The molecule has 0 saturated carbocycles. The minimum Gasteiger partial charge on any atom is -0.436 e. The van der Waals surface area contributed by atoms with Gasteiger partial charge in [0, 0.05) is 12.7 Å². The molecule has 4 nitrogen and oxygen atoms in total. The molecule has 2 aromatic heterocycles. The summed E-state index contributed by atoms with van der Waals surface area (Å²) < 4.78 is 5.73. The lowest BCUT2D eigenvalue weighted by atomic mass is 10.2. The van der Waals surface area contributed by atoms with Gasteiger partial charge in [0.05, 0.1) is 11.3 Å². The molecule has 0 aliphatic heterocycles. The molecule has 0 unspecified atom stereocenters. The van der Waals surface area contributed by atoms with Crippen molar-refractivity contribution in [2.45, 2.75) is 13.5 Å².